The van der Waals surface area contributed by atoms with Crippen LogP contribution in [0.25, 0.3) is 0 Å². The van der Waals surface area contributed by atoms with E-state index in [-0.39, 0.29) is 0 Å². The van der Waals surface area contributed by atoms with E-state index in [4.69, 9.17) is 0 Å². The Hall–Kier alpha value is -0.780. The molecule has 0 heteroatoms. The largest absolute Gasteiger partial charge is 0.0622 e. The summed E-state index contributed by atoms with van der Waals surface area (Å²) < 4.78 is 0. The van der Waals surface area contributed by atoms with Crippen LogP contribution in [-0.4, -0.2) is 0 Å². The van der Waals surface area contributed by atoms with E-state index in [2.05, 4.69) is 36.8 Å². The molecule has 1 fully saturated rings. The lowest BCUT2D eigenvalue weighted by atomic mass is 10.1. The Balaban J connectivity index is 2.29. The van der Waals surface area contributed by atoms with E-state index in [9.17, 15) is 0 Å². The van der Waals surface area contributed by atoms with Crippen LogP contribution in [-0.2, 0) is 0 Å². The zero-order valence-corrected chi connectivity index (χ0v) is 5.25. The first-order chi connectivity index (χ1) is 4.47. The van der Waals surface area contributed by atoms with Gasteiger partial charge in [0.05, 0.1) is 0 Å². The molecule has 0 amide bonds. The summed E-state index contributed by atoms with van der Waals surface area (Å²) in [6.07, 6.45) is 3.61. The van der Waals surface area contributed by atoms with Gasteiger partial charge in [-0.05, 0) is 24.3 Å². The van der Waals surface area contributed by atoms with Crippen molar-refractivity contribution in [1.82, 2.24) is 0 Å². The molecule has 2 rings (SSSR count). The highest BCUT2D eigenvalue weighted by molar-refractivity contribution is 5.28. The molecule has 1 aliphatic rings. The molecule has 1 aromatic carbocycles. The monoisotopic (exact) mass is 117 g/mol. The normalized spacial score (nSPS) is 17.8. The fourth-order valence-corrected chi connectivity index (χ4v) is 1.04. The first-order valence-electron chi connectivity index (χ1n) is 3.35. The van der Waals surface area contributed by atoms with Crippen molar-refractivity contribution < 1.29 is 0 Å². The quantitative estimate of drug-likeness (QED) is 0.529. The van der Waals surface area contributed by atoms with Crippen molar-refractivity contribution >= 4 is 0 Å². The molecule has 0 heterocycles. The third kappa shape index (κ3) is 0.973. The zero-order chi connectivity index (χ0) is 6.10. The van der Waals surface area contributed by atoms with Gasteiger partial charge in [-0.15, -0.1) is 0 Å². The van der Waals surface area contributed by atoms with Crippen molar-refractivity contribution in [2.45, 2.75) is 12.3 Å². The highest BCUT2D eigenvalue weighted by atomic mass is 14.3. The van der Waals surface area contributed by atoms with Crippen LogP contribution in [0.4, 0.5) is 0 Å². The van der Waals surface area contributed by atoms with Gasteiger partial charge < -0.3 is 0 Å². The standard InChI is InChI=1S/C9H9/c1-2-4-8(5-3-1)9-6-7-9/h1-6,9H,7H2/t9-/m1/s1. The second-order valence-electron chi connectivity index (χ2n) is 2.49. The van der Waals surface area contributed by atoms with Crippen molar-refractivity contribution in [1.29, 1.82) is 0 Å². The molecule has 0 aliphatic heterocycles. The zero-order valence-electron chi connectivity index (χ0n) is 5.25. The van der Waals surface area contributed by atoms with Gasteiger partial charge in [0.2, 0.25) is 0 Å². The molecular formula is C9H9. The molecule has 1 radical (unpaired) electrons. The lowest BCUT2D eigenvalue weighted by Gasteiger charge is -1.92. The van der Waals surface area contributed by atoms with Gasteiger partial charge in [-0.2, -0.15) is 0 Å². The molecule has 9 heavy (non-hydrogen) atoms. The summed E-state index contributed by atoms with van der Waals surface area (Å²) in [7, 11) is 0. The van der Waals surface area contributed by atoms with Crippen LogP contribution in [0, 0.1) is 6.42 Å². The smallest absolute Gasteiger partial charge is 0.0128 e. The van der Waals surface area contributed by atoms with Gasteiger partial charge in [0.25, 0.3) is 0 Å². The molecule has 1 saturated carbocycles. The summed E-state index contributed by atoms with van der Waals surface area (Å²) in [5.74, 6) is 0.784. The minimum atomic E-state index is 0.784. The van der Waals surface area contributed by atoms with E-state index in [1.54, 1.807) is 0 Å². The van der Waals surface area contributed by atoms with Crippen molar-refractivity contribution in [2.75, 3.05) is 0 Å². The summed E-state index contributed by atoms with van der Waals surface area (Å²) in [4.78, 5) is 0. The molecule has 1 atom stereocenters. The second kappa shape index (κ2) is 1.87. The van der Waals surface area contributed by atoms with Crippen molar-refractivity contribution in [3.63, 3.8) is 0 Å². The maximum atomic E-state index is 2.33. The number of hydrogen-bond acceptors (Lipinski definition) is 0. The van der Waals surface area contributed by atoms with Gasteiger partial charge >= 0.3 is 0 Å². The van der Waals surface area contributed by atoms with Gasteiger partial charge in [0.1, 0.15) is 0 Å². The van der Waals surface area contributed by atoms with Crippen molar-refractivity contribution in [3.05, 3.63) is 42.3 Å². The Morgan fingerprint density at radius 2 is 1.78 bits per heavy atom. The van der Waals surface area contributed by atoms with Crippen LogP contribution in [0.2, 0.25) is 0 Å². The Labute approximate surface area is 55.5 Å². The van der Waals surface area contributed by atoms with Crippen LogP contribution < -0.4 is 0 Å². The summed E-state index contributed by atoms with van der Waals surface area (Å²) in [5, 5.41) is 0. The summed E-state index contributed by atoms with van der Waals surface area (Å²) in [5.41, 5.74) is 1.47. The van der Waals surface area contributed by atoms with E-state index >= 15 is 0 Å². The lowest BCUT2D eigenvalue weighted by molar-refractivity contribution is 1.16. The van der Waals surface area contributed by atoms with Gasteiger partial charge in [-0.25, -0.2) is 0 Å². The fraction of sp³-hybridized carbons (Fsp3) is 0.222. The molecule has 0 unspecified atom stereocenters. The molecule has 0 aromatic heterocycles. The molecule has 0 N–H and O–H groups in total. The van der Waals surface area contributed by atoms with Crippen LogP contribution in [0.3, 0.4) is 0 Å². The number of benzene rings is 1. The predicted molar refractivity (Wildman–Crippen MR) is 38.1 cm³/mol. The Kier molecular flexibility index (Phi) is 1.05. The van der Waals surface area contributed by atoms with Crippen LogP contribution in [0.1, 0.15) is 17.9 Å². The third-order valence-corrected chi connectivity index (χ3v) is 1.70. The van der Waals surface area contributed by atoms with Gasteiger partial charge in [-0.3, -0.25) is 0 Å². The number of hydrogen-bond donors (Lipinski definition) is 0. The highest BCUT2D eigenvalue weighted by Crippen LogP contribution is 2.38. The molecule has 0 nitrogen and oxygen atoms in total. The van der Waals surface area contributed by atoms with Gasteiger partial charge in [0, 0.05) is 0 Å². The molecule has 45 valence electrons. The third-order valence-electron chi connectivity index (χ3n) is 1.70. The topological polar surface area (TPSA) is 0 Å². The maximum Gasteiger partial charge on any atom is -0.0128 e. The fourth-order valence-electron chi connectivity index (χ4n) is 1.04. The van der Waals surface area contributed by atoms with E-state index in [1.165, 1.54) is 12.0 Å². The average molecular weight is 117 g/mol. The summed E-state index contributed by atoms with van der Waals surface area (Å²) >= 11 is 0. The minimum Gasteiger partial charge on any atom is -0.0622 e. The average Bonchev–Trinajstić information content (AvgIpc) is 2.71. The van der Waals surface area contributed by atoms with Crippen molar-refractivity contribution in [2.24, 2.45) is 0 Å². The van der Waals surface area contributed by atoms with Crippen LogP contribution >= 0.6 is 0 Å². The van der Waals surface area contributed by atoms with E-state index in [0.717, 1.165) is 5.92 Å². The Morgan fingerprint density at radius 1 is 1.11 bits per heavy atom. The van der Waals surface area contributed by atoms with Crippen LogP contribution in [0.15, 0.2) is 30.3 Å². The number of rotatable bonds is 1. The Morgan fingerprint density at radius 3 is 2.33 bits per heavy atom. The van der Waals surface area contributed by atoms with Gasteiger partial charge in [0.15, 0.2) is 0 Å². The van der Waals surface area contributed by atoms with E-state index in [1.807, 2.05) is 0 Å². The van der Waals surface area contributed by atoms with Crippen LogP contribution in [0.5, 0.6) is 0 Å². The predicted octanol–water partition coefficient (Wildman–Crippen LogP) is 2.38. The van der Waals surface area contributed by atoms with Gasteiger partial charge in [-0.1, -0.05) is 30.3 Å². The molecule has 0 saturated heterocycles. The van der Waals surface area contributed by atoms with E-state index in [0.29, 0.717) is 0 Å². The second-order valence-corrected chi connectivity index (χ2v) is 2.49. The molecule has 0 spiro atoms. The van der Waals surface area contributed by atoms with E-state index < -0.39 is 0 Å². The Bertz CT molecular complexity index is 184. The SMILES string of the molecule is [CH]1C[C@@H]1c1ccccc1. The molecule has 0 bridgehead atoms. The first-order valence-corrected chi connectivity index (χ1v) is 3.35. The summed E-state index contributed by atoms with van der Waals surface area (Å²) in [6, 6.07) is 10.6. The molecule has 1 aliphatic carbocycles. The highest BCUT2D eigenvalue weighted by Gasteiger charge is 2.22. The lowest BCUT2D eigenvalue weighted by Crippen LogP contribution is -1.73. The minimum absolute atomic E-state index is 0.784. The maximum absolute atomic E-state index is 2.33. The van der Waals surface area contributed by atoms with Crippen molar-refractivity contribution in [3.8, 4) is 0 Å². The first kappa shape index (κ1) is 5.04. The summed E-state index contributed by atoms with van der Waals surface area (Å²) in [6.45, 7) is 0. The molecule has 1 aromatic rings. The molecular weight excluding hydrogens is 108 g/mol.